The van der Waals surface area contributed by atoms with Gasteiger partial charge in [0, 0.05) is 0 Å². The molecule has 2 atom stereocenters. The summed E-state index contributed by atoms with van der Waals surface area (Å²) >= 11 is 0. The van der Waals surface area contributed by atoms with Gasteiger partial charge in [-0.15, -0.1) is 0 Å². The first-order chi connectivity index (χ1) is 4.66. The number of hydrogen-bond acceptors (Lipinski definition) is 3. The fourth-order valence-electron chi connectivity index (χ4n) is 0.799. The molecular formula is C7H10O3. The van der Waals surface area contributed by atoms with Gasteiger partial charge in [0.25, 0.3) is 0 Å². The van der Waals surface area contributed by atoms with Gasteiger partial charge >= 0.3 is 5.97 Å². The van der Waals surface area contributed by atoms with Crippen LogP contribution in [-0.2, 0) is 14.3 Å². The van der Waals surface area contributed by atoms with Crippen LogP contribution < -0.4 is 0 Å². The van der Waals surface area contributed by atoms with Gasteiger partial charge in [-0.2, -0.15) is 0 Å². The van der Waals surface area contributed by atoms with Gasteiger partial charge in [0.15, 0.2) is 0 Å². The lowest BCUT2D eigenvalue weighted by Crippen LogP contribution is -2.09. The van der Waals surface area contributed by atoms with Crippen molar-refractivity contribution in [3.05, 3.63) is 12.2 Å². The van der Waals surface area contributed by atoms with E-state index < -0.39 is 0 Å². The zero-order valence-corrected chi connectivity index (χ0v) is 6.09. The standard InChI is InChI=1S/C7H10O3/c1-4(7(8)9-3)6-5(2)10-6/h5-6H,1H2,2-3H3. The van der Waals surface area contributed by atoms with Gasteiger partial charge in [-0.1, -0.05) is 6.58 Å². The monoisotopic (exact) mass is 142 g/mol. The Hall–Kier alpha value is -0.830. The Balaban J connectivity index is 2.43. The third-order valence-electron chi connectivity index (χ3n) is 1.50. The molecule has 1 saturated heterocycles. The summed E-state index contributed by atoms with van der Waals surface area (Å²) in [6.45, 7) is 5.43. The van der Waals surface area contributed by atoms with Gasteiger partial charge in [0.05, 0.1) is 18.8 Å². The summed E-state index contributed by atoms with van der Waals surface area (Å²) in [4.78, 5) is 10.7. The van der Waals surface area contributed by atoms with E-state index in [0.29, 0.717) is 5.57 Å². The second-order valence-electron chi connectivity index (χ2n) is 2.28. The van der Waals surface area contributed by atoms with Crippen LogP contribution in [0.5, 0.6) is 0 Å². The summed E-state index contributed by atoms with van der Waals surface area (Å²) in [5.41, 5.74) is 0.412. The van der Waals surface area contributed by atoms with E-state index in [2.05, 4.69) is 11.3 Å². The van der Waals surface area contributed by atoms with E-state index in [9.17, 15) is 4.79 Å². The van der Waals surface area contributed by atoms with Gasteiger partial charge in [0.2, 0.25) is 0 Å². The second-order valence-corrected chi connectivity index (χ2v) is 2.28. The highest BCUT2D eigenvalue weighted by molar-refractivity contribution is 5.89. The normalized spacial score (nSPS) is 29.4. The number of ether oxygens (including phenoxy) is 2. The Morgan fingerprint density at radius 2 is 2.20 bits per heavy atom. The summed E-state index contributed by atoms with van der Waals surface area (Å²) < 4.78 is 9.44. The van der Waals surface area contributed by atoms with Crippen LogP contribution in [0.15, 0.2) is 12.2 Å². The first kappa shape index (κ1) is 7.28. The van der Waals surface area contributed by atoms with E-state index in [1.165, 1.54) is 7.11 Å². The van der Waals surface area contributed by atoms with Crippen molar-refractivity contribution >= 4 is 5.97 Å². The number of methoxy groups -OCH3 is 1. The minimum atomic E-state index is -0.380. The molecule has 56 valence electrons. The average molecular weight is 142 g/mol. The van der Waals surface area contributed by atoms with Crippen molar-refractivity contribution in [3.63, 3.8) is 0 Å². The highest BCUT2D eigenvalue weighted by atomic mass is 16.6. The number of epoxide rings is 1. The molecule has 0 aromatic carbocycles. The zero-order valence-electron chi connectivity index (χ0n) is 6.09. The molecule has 0 aromatic heterocycles. The van der Waals surface area contributed by atoms with Crippen LogP contribution in [0.25, 0.3) is 0 Å². The summed E-state index contributed by atoms with van der Waals surface area (Å²) in [7, 11) is 1.33. The highest BCUT2D eigenvalue weighted by Gasteiger charge is 2.39. The molecule has 1 aliphatic heterocycles. The van der Waals surface area contributed by atoms with E-state index >= 15 is 0 Å². The fourth-order valence-corrected chi connectivity index (χ4v) is 0.799. The van der Waals surface area contributed by atoms with Gasteiger partial charge < -0.3 is 9.47 Å². The fraction of sp³-hybridized carbons (Fsp3) is 0.571. The lowest BCUT2D eigenvalue weighted by molar-refractivity contribution is -0.136. The zero-order chi connectivity index (χ0) is 7.72. The third kappa shape index (κ3) is 1.19. The van der Waals surface area contributed by atoms with Gasteiger partial charge in [-0.05, 0) is 6.92 Å². The van der Waals surface area contributed by atoms with Crippen molar-refractivity contribution in [1.82, 2.24) is 0 Å². The summed E-state index contributed by atoms with van der Waals surface area (Å²) in [5, 5.41) is 0. The Morgan fingerprint density at radius 3 is 2.50 bits per heavy atom. The molecule has 10 heavy (non-hydrogen) atoms. The van der Waals surface area contributed by atoms with Crippen molar-refractivity contribution in [2.24, 2.45) is 0 Å². The maximum absolute atomic E-state index is 10.7. The van der Waals surface area contributed by atoms with Crippen LogP contribution in [0.4, 0.5) is 0 Å². The van der Waals surface area contributed by atoms with Gasteiger partial charge in [-0.25, -0.2) is 4.79 Å². The number of carbonyl (C=O) groups excluding carboxylic acids is 1. The first-order valence-corrected chi connectivity index (χ1v) is 3.09. The molecule has 1 aliphatic rings. The number of hydrogen-bond donors (Lipinski definition) is 0. The molecular weight excluding hydrogens is 132 g/mol. The van der Waals surface area contributed by atoms with Crippen molar-refractivity contribution in [3.8, 4) is 0 Å². The molecule has 0 N–H and O–H groups in total. The lowest BCUT2D eigenvalue weighted by atomic mass is 10.2. The smallest absolute Gasteiger partial charge is 0.335 e. The van der Waals surface area contributed by atoms with Gasteiger partial charge in [0.1, 0.15) is 6.10 Å². The van der Waals surface area contributed by atoms with Crippen molar-refractivity contribution < 1.29 is 14.3 Å². The maximum atomic E-state index is 10.7. The predicted octanol–water partition coefficient (Wildman–Crippen LogP) is 0.503. The summed E-state index contributed by atoms with van der Waals surface area (Å²) in [6.07, 6.45) is 0.0269. The van der Waals surface area contributed by atoms with Crippen molar-refractivity contribution in [2.45, 2.75) is 19.1 Å². The molecule has 0 amide bonds. The lowest BCUT2D eigenvalue weighted by Gasteiger charge is -1.96. The molecule has 1 fully saturated rings. The topological polar surface area (TPSA) is 38.8 Å². The Bertz CT molecular complexity index is 174. The van der Waals surface area contributed by atoms with Crippen LogP contribution >= 0.6 is 0 Å². The van der Waals surface area contributed by atoms with Crippen molar-refractivity contribution in [2.75, 3.05) is 7.11 Å². The Labute approximate surface area is 59.6 Å². The van der Waals surface area contributed by atoms with E-state index in [0.717, 1.165) is 0 Å². The largest absolute Gasteiger partial charge is 0.466 e. The molecule has 1 heterocycles. The number of rotatable bonds is 2. The van der Waals surface area contributed by atoms with Crippen LogP contribution in [-0.4, -0.2) is 25.3 Å². The van der Waals surface area contributed by atoms with Crippen LogP contribution in [0.1, 0.15) is 6.92 Å². The van der Waals surface area contributed by atoms with E-state index in [1.54, 1.807) is 0 Å². The molecule has 0 aliphatic carbocycles. The molecule has 0 bridgehead atoms. The van der Waals surface area contributed by atoms with Crippen molar-refractivity contribution in [1.29, 1.82) is 0 Å². The SMILES string of the molecule is C=C(C(=O)OC)C1OC1C. The molecule has 0 saturated carbocycles. The molecule has 0 spiro atoms. The third-order valence-corrected chi connectivity index (χ3v) is 1.50. The van der Waals surface area contributed by atoms with Crippen LogP contribution in [0, 0.1) is 0 Å². The van der Waals surface area contributed by atoms with Crippen LogP contribution in [0.3, 0.4) is 0 Å². The minimum Gasteiger partial charge on any atom is -0.466 e. The van der Waals surface area contributed by atoms with E-state index in [-0.39, 0.29) is 18.2 Å². The highest BCUT2D eigenvalue weighted by Crippen LogP contribution is 2.27. The quantitative estimate of drug-likeness (QED) is 0.320. The molecule has 3 heteroatoms. The van der Waals surface area contributed by atoms with E-state index in [4.69, 9.17) is 4.74 Å². The Kier molecular flexibility index (Phi) is 1.76. The maximum Gasteiger partial charge on any atom is 0.335 e. The average Bonchev–Trinajstić information content (AvgIpc) is 2.63. The number of carbonyl (C=O) groups is 1. The summed E-state index contributed by atoms with van der Waals surface area (Å²) in [6, 6.07) is 0. The molecule has 1 rings (SSSR count). The van der Waals surface area contributed by atoms with Crippen LogP contribution in [0.2, 0.25) is 0 Å². The minimum absolute atomic E-state index is 0.104. The molecule has 2 unspecified atom stereocenters. The molecule has 0 aromatic rings. The first-order valence-electron chi connectivity index (χ1n) is 3.09. The molecule has 0 radical (unpaired) electrons. The summed E-state index contributed by atoms with van der Waals surface area (Å²) in [5.74, 6) is -0.380. The predicted molar refractivity (Wildman–Crippen MR) is 35.5 cm³/mol. The Morgan fingerprint density at radius 1 is 1.70 bits per heavy atom. The molecule has 3 nitrogen and oxygen atoms in total. The van der Waals surface area contributed by atoms with Gasteiger partial charge in [-0.3, -0.25) is 0 Å². The number of esters is 1. The van der Waals surface area contributed by atoms with E-state index in [1.807, 2.05) is 6.92 Å². The second kappa shape index (κ2) is 2.42.